The zero-order chi connectivity index (χ0) is 25.6. The predicted molar refractivity (Wildman–Crippen MR) is 133 cm³/mol. The summed E-state index contributed by atoms with van der Waals surface area (Å²) in [7, 11) is 0. The molecular weight excluding hydrogens is 440 g/mol. The summed E-state index contributed by atoms with van der Waals surface area (Å²) in [6.07, 6.45) is 10.3. The van der Waals surface area contributed by atoms with Crippen molar-refractivity contribution in [3.8, 4) is 0 Å². The van der Waals surface area contributed by atoms with Gasteiger partial charge in [0.15, 0.2) is 5.78 Å². The van der Waals surface area contributed by atoms with Gasteiger partial charge in [-0.25, -0.2) is 0 Å². The van der Waals surface area contributed by atoms with E-state index in [2.05, 4.69) is 40.7 Å². The molecule has 0 bridgehead atoms. The number of hydrogen-bond donors (Lipinski definition) is 1. The lowest BCUT2D eigenvalue weighted by atomic mass is 9.33. The number of carboxylic acids is 1. The lowest BCUT2D eigenvalue weighted by Crippen LogP contribution is -2.68. The molecule has 1 N–H and O–H groups in total. The normalized spacial score (nSPS) is 53.3. The van der Waals surface area contributed by atoms with Crippen LogP contribution in [0.25, 0.3) is 0 Å². The van der Waals surface area contributed by atoms with Gasteiger partial charge in [0, 0.05) is 5.92 Å². The van der Waals surface area contributed by atoms with Crippen LogP contribution in [0.15, 0.2) is 11.6 Å². The molecule has 5 aliphatic rings. The molecule has 5 rings (SSSR count). The van der Waals surface area contributed by atoms with Crippen LogP contribution < -0.4 is 0 Å². The van der Waals surface area contributed by atoms with Crippen LogP contribution >= 0.6 is 0 Å². The first-order chi connectivity index (χ1) is 16.3. The van der Waals surface area contributed by atoms with Gasteiger partial charge in [-0.05, 0) is 97.4 Å². The molecule has 4 saturated carbocycles. The van der Waals surface area contributed by atoms with Crippen LogP contribution in [0.5, 0.6) is 0 Å². The van der Waals surface area contributed by atoms with E-state index in [4.69, 9.17) is 4.74 Å². The van der Waals surface area contributed by atoms with Gasteiger partial charge < -0.3 is 9.84 Å². The minimum Gasteiger partial charge on any atom is -0.481 e. The Hall–Kier alpha value is -1.65. The zero-order valence-electron chi connectivity index (χ0n) is 22.5. The van der Waals surface area contributed by atoms with Crippen molar-refractivity contribution in [3.63, 3.8) is 0 Å². The highest BCUT2D eigenvalue weighted by atomic mass is 16.5. The number of aliphatic carboxylic acids is 1. The number of allylic oxidation sites excluding steroid dienone is 2. The Bertz CT molecular complexity index is 985. The Labute approximate surface area is 210 Å². The highest BCUT2D eigenvalue weighted by Gasteiger charge is 2.72. The quantitative estimate of drug-likeness (QED) is 0.482. The monoisotopic (exact) mass is 484 g/mol. The van der Waals surface area contributed by atoms with E-state index < -0.39 is 22.9 Å². The second-order valence-electron chi connectivity index (χ2n) is 14.1. The number of carboxylic acid groups (broad SMARTS) is 1. The Morgan fingerprint density at radius 1 is 1.03 bits per heavy atom. The smallest absolute Gasteiger partial charge is 0.313 e. The van der Waals surface area contributed by atoms with Crippen molar-refractivity contribution in [2.75, 3.05) is 0 Å². The lowest BCUT2D eigenvalue weighted by molar-refractivity contribution is -0.218. The summed E-state index contributed by atoms with van der Waals surface area (Å²) < 4.78 is 5.37. The maximum atomic E-state index is 14.3. The molecule has 0 spiro atoms. The topological polar surface area (TPSA) is 80.7 Å². The van der Waals surface area contributed by atoms with Gasteiger partial charge in [-0.2, -0.15) is 0 Å². The summed E-state index contributed by atoms with van der Waals surface area (Å²) in [6, 6.07) is 0. The molecule has 5 heteroatoms. The second-order valence-corrected chi connectivity index (χ2v) is 14.1. The number of hydrogen-bond acceptors (Lipinski definition) is 4. The molecule has 0 saturated heterocycles. The molecule has 5 aliphatic carbocycles. The fourth-order valence-corrected chi connectivity index (χ4v) is 10.8. The molecule has 0 aromatic carbocycles. The van der Waals surface area contributed by atoms with Gasteiger partial charge in [-0.3, -0.25) is 14.4 Å². The van der Waals surface area contributed by atoms with E-state index in [-0.39, 0.29) is 33.9 Å². The molecule has 0 aliphatic heterocycles. The predicted octanol–water partition coefficient (Wildman–Crippen LogP) is 6.20. The fraction of sp³-hybridized carbons (Fsp3) is 0.833. The summed E-state index contributed by atoms with van der Waals surface area (Å²) in [5.74, 6) is -0.0689. The molecule has 0 aromatic heterocycles. The molecule has 35 heavy (non-hydrogen) atoms. The number of fused-ring (bicyclic) bond motifs is 7. The van der Waals surface area contributed by atoms with Gasteiger partial charge in [-0.1, -0.05) is 53.0 Å². The Kier molecular flexibility index (Phi) is 5.49. The van der Waals surface area contributed by atoms with Gasteiger partial charge in [0.2, 0.25) is 0 Å². The van der Waals surface area contributed by atoms with Crippen molar-refractivity contribution < 1.29 is 24.2 Å². The van der Waals surface area contributed by atoms with Crippen LogP contribution in [0, 0.1) is 50.7 Å². The molecule has 194 valence electrons. The molecule has 0 heterocycles. The van der Waals surface area contributed by atoms with Gasteiger partial charge in [0.1, 0.15) is 11.5 Å². The number of ketones is 1. The van der Waals surface area contributed by atoms with E-state index in [0.717, 1.165) is 19.3 Å². The lowest BCUT2D eigenvalue weighted by Gasteiger charge is -2.70. The Morgan fingerprint density at radius 3 is 2.40 bits per heavy atom. The van der Waals surface area contributed by atoms with E-state index in [9.17, 15) is 19.5 Å². The Balaban J connectivity index is 1.63. The van der Waals surface area contributed by atoms with Crippen LogP contribution in [0.4, 0.5) is 0 Å². The summed E-state index contributed by atoms with van der Waals surface area (Å²) in [5, 5.41) is 10.4. The van der Waals surface area contributed by atoms with Crippen LogP contribution in [0.3, 0.4) is 0 Å². The Morgan fingerprint density at radius 2 is 1.74 bits per heavy atom. The largest absolute Gasteiger partial charge is 0.481 e. The number of carbonyl (C=O) groups is 3. The number of ether oxygens (including phenoxy) is 1. The average molecular weight is 485 g/mol. The molecule has 5 nitrogen and oxygen atoms in total. The minimum absolute atomic E-state index is 0.0505. The SMILES string of the molecule is C[C@H]1CCC[C@]2(C)CC[C@]3(C)C(=CC(=O)C4[C@@]5(C)CC[C@@H](OC=O)[C@](C)(C(=O)O)C5CC[C@]43C)C12. The maximum Gasteiger partial charge on any atom is 0.313 e. The first kappa shape index (κ1) is 25.0. The average Bonchev–Trinajstić information content (AvgIpc) is 2.77. The minimum atomic E-state index is -1.19. The third-order valence-electron chi connectivity index (χ3n) is 12.8. The van der Waals surface area contributed by atoms with Crippen molar-refractivity contribution in [1.82, 2.24) is 0 Å². The van der Waals surface area contributed by atoms with Crippen molar-refractivity contribution in [3.05, 3.63) is 11.6 Å². The van der Waals surface area contributed by atoms with Crippen molar-refractivity contribution >= 4 is 18.2 Å². The maximum absolute atomic E-state index is 14.3. The van der Waals surface area contributed by atoms with Crippen molar-refractivity contribution in [1.29, 1.82) is 0 Å². The summed E-state index contributed by atoms with van der Waals surface area (Å²) >= 11 is 0. The van der Waals surface area contributed by atoms with E-state index in [1.807, 2.05) is 0 Å². The third kappa shape index (κ3) is 2.96. The molecular formula is C30H44O5. The fourth-order valence-electron chi connectivity index (χ4n) is 10.8. The molecule has 4 fully saturated rings. The van der Waals surface area contributed by atoms with E-state index in [0.29, 0.717) is 31.1 Å². The van der Waals surface area contributed by atoms with Gasteiger partial charge in [0.25, 0.3) is 6.47 Å². The standard InChI is InChI=1S/C30H44O5/c1-18-8-7-11-26(2)14-15-28(4)19(23(18)26)16-20(32)24-27(3)12-10-22(35-17-31)30(6,25(33)34)21(27)9-13-29(24,28)5/h16-18,21-24H,7-15H2,1-6H3,(H,33,34)/t18-,21?,22+,23?,24?,26+,27-,28+,29+,30+/m0/s1. The zero-order valence-corrected chi connectivity index (χ0v) is 22.5. The second kappa shape index (κ2) is 7.68. The summed E-state index contributed by atoms with van der Waals surface area (Å²) in [5.41, 5.74) is -0.198. The molecule has 10 atom stereocenters. The molecule has 3 unspecified atom stereocenters. The summed E-state index contributed by atoms with van der Waals surface area (Å²) in [6.45, 7) is 13.9. The summed E-state index contributed by atoms with van der Waals surface area (Å²) in [4.78, 5) is 38.2. The first-order valence-corrected chi connectivity index (χ1v) is 13.9. The third-order valence-corrected chi connectivity index (χ3v) is 12.8. The van der Waals surface area contributed by atoms with Gasteiger partial charge in [0.05, 0.1) is 0 Å². The molecule has 0 aromatic rings. The van der Waals surface area contributed by atoms with E-state index in [1.54, 1.807) is 6.92 Å². The van der Waals surface area contributed by atoms with E-state index in [1.165, 1.54) is 31.3 Å². The van der Waals surface area contributed by atoms with Crippen LogP contribution in [0.2, 0.25) is 0 Å². The highest BCUT2D eigenvalue weighted by molar-refractivity contribution is 5.96. The molecule has 0 amide bonds. The van der Waals surface area contributed by atoms with E-state index >= 15 is 0 Å². The first-order valence-electron chi connectivity index (χ1n) is 13.9. The number of rotatable bonds is 3. The van der Waals surface area contributed by atoms with Crippen LogP contribution in [-0.4, -0.2) is 29.4 Å². The van der Waals surface area contributed by atoms with Crippen molar-refractivity contribution in [2.24, 2.45) is 50.7 Å². The molecule has 0 radical (unpaired) electrons. The van der Waals surface area contributed by atoms with Crippen molar-refractivity contribution in [2.45, 2.75) is 105 Å². The van der Waals surface area contributed by atoms with Crippen LogP contribution in [0.1, 0.15) is 99.3 Å². The highest BCUT2D eigenvalue weighted by Crippen LogP contribution is 2.75. The number of carbonyl (C=O) groups excluding carboxylic acids is 2. The van der Waals surface area contributed by atoms with Gasteiger partial charge >= 0.3 is 5.97 Å². The van der Waals surface area contributed by atoms with Gasteiger partial charge in [-0.15, -0.1) is 0 Å². The van der Waals surface area contributed by atoms with Crippen LogP contribution in [-0.2, 0) is 19.1 Å².